The molecule has 3 aromatic rings. The van der Waals surface area contributed by atoms with E-state index in [0.29, 0.717) is 5.52 Å². The summed E-state index contributed by atoms with van der Waals surface area (Å²) in [5.74, 6) is 0. The lowest BCUT2D eigenvalue weighted by molar-refractivity contribution is -0.905. The van der Waals surface area contributed by atoms with Gasteiger partial charge in [0.05, 0.1) is 32.5 Å². The smallest absolute Gasteiger partial charge is 0.277 e. The SMILES string of the molecule is Cc1ccc2[nH]c3c(=O)n(CC[NH+]4CCCCC4)cnc3c2c1. The van der Waals surface area contributed by atoms with E-state index in [1.165, 1.54) is 37.9 Å². The summed E-state index contributed by atoms with van der Waals surface area (Å²) in [5, 5.41) is 1.03. The van der Waals surface area contributed by atoms with Gasteiger partial charge in [-0.25, -0.2) is 4.98 Å². The van der Waals surface area contributed by atoms with Crippen molar-refractivity contribution in [1.29, 1.82) is 0 Å². The molecule has 0 saturated carbocycles. The predicted molar refractivity (Wildman–Crippen MR) is 92.0 cm³/mol. The summed E-state index contributed by atoms with van der Waals surface area (Å²) in [7, 11) is 0. The van der Waals surface area contributed by atoms with E-state index in [2.05, 4.69) is 29.0 Å². The van der Waals surface area contributed by atoms with Crippen LogP contribution in [0.3, 0.4) is 0 Å². The number of nitrogens with one attached hydrogen (secondary N) is 2. The van der Waals surface area contributed by atoms with E-state index in [1.54, 1.807) is 15.8 Å². The minimum absolute atomic E-state index is 0.0419. The molecule has 120 valence electrons. The molecular weight excluding hydrogens is 288 g/mol. The number of nitrogens with zero attached hydrogens (tertiary/aromatic N) is 2. The lowest BCUT2D eigenvalue weighted by Crippen LogP contribution is -3.13. The number of benzene rings is 1. The highest BCUT2D eigenvalue weighted by molar-refractivity contribution is 6.04. The van der Waals surface area contributed by atoms with E-state index in [9.17, 15) is 4.79 Å². The molecule has 1 aliphatic heterocycles. The minimum atomic E-state index is 0.0419. The van der Waals surface area contributed by atoms with E-state index in [-0.39, 0.29) is 5.56 Å². The van der Waals surface area contributed by atoms with Gasteiger partial charge in [0, 0.05) is 10.9 Å². The number of rotatable bonds is 3. The third-order valence-corrected chi connectivity index (χ3v) is 4.99. The van der Waals surface area contributed by atoms with Crippen LogP contribution in [-0.4, -0.2) is 34.2 Å². The molecule has 0 radical (unpaired) electrons. The van der Waals surface area contributed by atoms with Crippen LogP contribution in [0.4, 0.5) is 0 Å². The Morgan fingerprint density at radius 2 is 2.09 bits per heavy atom. The number of hydrogen-bond acceptors (Lipinski definition) is 2. The van der Waals surface area contributed by atoms with Crippen LogP contribution in [0.5, 0.6) is 0 Å². The average Bonchev–Trinajstić information content (AvgIpc) is 2.94. The van der Waals surface area contributed by atoms with Crippen molar-refractivity contribution in [2.24, 2.45) is 0 Å². The quantitative estimate of drug-likeness (QED) is 0.765. The molecule has 0 spiro atoms. The van der Waals surface area contributed by atoms with Crippen molar-refractivity contribution >= 4 is 21.9 Å². The van der Waals surface area contributed by atoms with Gasteiger partial charge in [0.25, 0.3) is 5.56 Å². The van der Waals surface area contributed by atoms with Crippen LogP contribution in [0.2, 0.25) is 0 Å². The van der Waals surface area contributed by atoms with Crippen LogP contribution in [0.25, 0.3) is 21.9 Å². The zero-order valence-electron chi connectivity index (χ0n) is 13.6. The average molecular weight is 311 g/mol. The maximum atomic E-state index is 12.7. The molecule has 0 bridgehead atoms. The van der Waals surface area contributed by atoms with Gasteiger partial charge in [-0.3, -0.25) is 9.36 Å². The molecule has 2 aromatic heterocycles. The molecule has 1 aliphatic rings. The number of H-pyrrole nitrogens is 1. The molecule has 2 N–H and O–H groups in total. The molecule has 5 nitrogen and oxygen atoms in total. The van der Waals surface area contributed by atoms with E-state index >= 15 is 0 Å². The second kappa shape index (κ2) is 5.81. The minimum Gasteiger partial charge on any atom is -0.349 e. The first-order valence-corrected chi connectivity index (χ1v) is 8.53. The summed E-state index contributed by atoms with van der Waals surface area (Å²) in [4.78, 5) is 22.2. The molecule has 3 heterocycles. The van der Waals surface area contributed by atoms with Crippen molar-refractivity contribution in [3.63, 3.8) is 0 Å². The van der Waals surface area contributed by atoms with Gasteiger partial charge < -0.3 is 9.88 Å². The second-order valence-electron chi connectivity index (χ2n) is 6.70. The second-order valence-corrected chi connectivity index (χ2v) is 6.70. The molecule has 0 unspecified atom stereocenters. The van der Waals surface area contributed by atoms with E-state index in [0.717, 1.165) is 29.5 Å². The molecule has 23 heavy (non-hydrogen) atoms. The van der Waals surface area contributed by atoms with Gasteiger partial charge in [-0.05, 0) is 38.3 Å². The first-order chi connectivity index (χ1) is 11.2. The van der Waals surface area contributed by atoms with Crippen LogP contribution < -0.4 is 10.5 Å². The van der Waals surface area contributed by atoms with Gasteiger partial charge in [-0.1, -0.05) is 11.6 Å². The van der Waals surface area contributed by atoms with Gasteiger partial charge in [-0.15, -0.1) is 0 Å². The Bertz CT molecular complexity index is 902. The third kappa shape index (κ3) is 2.65. The summed E-state index contributed by atoms with van der Waals surface area (Å²) >= 11 is 0. The monoisotopic (exact) mass is 311 g/mol. The molecule has 0 atom stereocenters. The highest BCUT2D eigenvalue weighted by atomic mass is 16.1. The number of hydrogen-bond donors (Lipinski definition) is 2. The van der Waals surface area contributed by atoms with Crippen molar-refractivity contribution in [3.05, 3.63) is 40.4 Å². The maximum Gasteiger partial charge on any atom is 0.277 e. The topological polar surface area (TPSA) is 55.1 Å². The maximum absolute atomic E-state index is 12.7. The van der Waals surface area contributed by atoms with Crippen LogP contribution in [0.1, 0.15) is 24.8 Å². The van der Waals surface area contributed by atoms with Crippen molar-refractivity contribution in [2.75, 3.05) is 19.6 Å². The highest BCUT2D eigenvalue weighted by Gasteiger charge is 2.15. The van der Waals surface area contributed by atoms with Crippen molar-refractivity contribution in [1.82, 2.24) is 14.5 Å². The lowest BCUT2D eigenvalue weighted by atomic mass is 10.1. The highest BCUT2D eigenvalue weighted by Crippen LogP contribution is 2.22. The third-order valence-electron chi connectivity index (χ3n) is 4.99. The first-order valence-electron chi connectivity index (χ1n) is 8.53. The number of aryl methyl sites for hydroxylation is 1. The van der Waals surface area contributed by atoms with E-state index in [4.69, 9.17) is 0 Å². The first kappa shape index (κ1) is 14.5. The van der Waals surface area contributed by atoms with Crippen LogP contribution in [0, 0.1) is 6.92 Å². The largest absolute Gasteiger partial charge is 0.349 e. The Morgan fingerprint density at radius 1 is 1.26 bits per heavy atom. The fourth-order valence-electron chi connectivity index (χ4n) is 3.64. The molecular formula is C18H23N4O+. The van der Waals surface area contributed by atoms with Crippen LogP contribution in [0.15, 0.2) is 29.3 Å². The Kier molecular flexibility index (Phi) is 3.65. The zero-order valence-corrected chi connectivity index (χ0v) is 13.6. The Hall–Kier alpha value is -2.14. The number of aromatic amines is 1. The van der Waals surface area contributed by atoms with Crippen molar-refractivity contribution in [2.45, 2.75) is 32.7 Å². The molecule has 0 amide bonds. The van der Waals surface area contributed by atoms with Gasteiger partial charge in [0.2, 0.25) is 0 Å². The van der Waals surface area contributed by atoms with E-state index < -0.39 is 0 Å². The summed E-state index contributed by atoms with van der Waals surface area (Å²) < 4.78 is 1.76. The number of quaternary nitrogens is 1. The van der Waals surface area contributed by atoms with Gasteiger partial charge in [0.15, 0.2) is 0 Å². The number of likely N-dealkylation sites (tertiary alicyclic amines) is 1. The normalized spacial score (nSPS) is 16.4. The Morgan fingerprint density at radius 3 is 2.91 bits per heavy atom. The predicted octanol–water partition coefficient (Wildman–Crippen LogP) is 1.26. The fraction of sp³-hybridized carbons (Fsp3) is 0.444. The van der Waals surface area contributed by atoms with Crippen LogP contribution in [-0.2, 0) is 6.54 Å². The fourth-order valence-corrected chi connectivity index (χ4v) is 3.64. The number of aromatic nitrogens is 3. The number of fused-ring (bicyclic) bond motifs is 3. The standard InChI is InChI=1S/C18H22N4O/c1-13-5-6-15-14(11-13)16-17(20-15)18(23)22(12-19-16)10-9-21-7-3-2-4-8-21/h5-6,11-12,20H,2-4,7-10H2,1H3/p+1. The Labute approximate surface area is 134 Å². The lowest BCUT2D eigenvalue weighted by Gasteiger charge is -2.23. The molecule has 1 fully saturated rings. The summed E-state index contributed by atoms with van der Waals surface area (Å²) in [6, 6.07) is 6.16. The van der Waals surface area contributed by atoms with Gasteiger partial charge in [0.1, 0.15) is 11.0 Å². The van der Waals surface area contributed by atoms with Gasteiger partial charge >= 0.3 is 0 Å². The van der Waals surface area contributed by atoms with E-state index in [1.807, 2.05) is 6.07 Å². The Balaban J connectivity index is 1.67. The van der Waals surface area contributed by atoms with Crippen molar-refractivity contribution in [3.8, 4) is 0 Å². The molecule has 0 aliphatic carbocycles. The summed E-state index contributed by atoms with van der Waals surface area (Å²) in [5.41, 5.74) is 3.62. The summed E-state index contributed by atoms with van der Waals surface area (Å²) in [6.07, 6.45) is 5.68. The molecule has 5 heteroatoms. The van der Waals surface area contributed by atoms with Crippen LogP contribution >= 0.6 is 0 Å². The molecule has 1 aromatic carbocycles. The van der Waals surface area contributed by atoms with Crippen molar-refractivity contribution < 1.29 is 4.90 Å². The number of piperidine rings is 1. The molecule has 4 rings (SSSR count). The van der Waals surface area contributed by atoms with Gasteiger partial charge in [-0.2, -0.15) is 0 Å². The zero-order chi connectivity index (χ0) is 15.8. The molecule has 1 saturated heterocycles. The summed E-state index contributed by atoms with van der Waals surface area (Å²) in [6.45, 7) is 6.27.